The number of carboxylic acid groups (broad SMARTS) is 1. The van der Waals surface area contributed by atoms with E-state index in [1.165, 1.54) is 0 Å². The molecule has 1 atom stereocenters. The van der Waals surface area contributed by atoms with Crippen LogP contribution in [0.5, 0.6) is 5.75 Å². The van der Waals surface area contributed by atoms with Crippen LogP contribution in [0.15, 0.2) is 71.2 Å². The molecule has 0 unspecified atom stereocenters. The van der Waals surface area contributed by atoms with Gasteiger partial charge < -0.3 is 20.7 Å². The van der Waals surface area contributed by atoms with Crippen molar-refractivity contribution in [3.05, 3.63) is 87.9 Å². The Bertz CT molecular complexity index is 1010. The van der Waals surface area contributed by atoms with Crippen LogP contribution in [-0.4, -0.2) is 22.8 Å². The molecule has 0 saturated heterocycles. The number of ether oxygens (including phenoxy) is 1. The van der Waals surface area contributed by atoms with Crippen LogP contribution < -0.4 is 10.5 Å². The molecule has 0 aliphatic heterocycles. The van der Waals surface area contributed by atoms with Gasteiger partial charge in [-0.05, 0) is 52.6 Å². The highest BCUT2D eigenvalue weighted by atomic mass is 79.9. The van der Waals surface area contributed by atoms with Crippen LogP contribution >= 0.6 is 15.9 Å². The van der Waals surface area contributed by atoms with E-state index in [-0.39, 0.29) is 13.0 Å². The molecular formula is C23H22BrNO4. The van der Waals surface area contributed by atoms with Crippen molar-refractivity contribution in [1.82, 2.24) is 0 Å². The van der Waals surface area contributed by atoms with Crippen molar-refractivity contribution < 1.29 is 19.7 Å². The summed E-state index contributed by atoms with van der Waals surface area (Å²) in [5, 5.41) is 18.4. The lowest BCUT2D eigenvalue weighted by atomic mass is 9.99. The number of hydrogen-bond acceptors (Lipinski definition) is 4. The van der Waals surface area contributed by atoms with Crippen LogP contribution in [0.3, 0.4) is 0 Å². The molecule has 0 aliphatic rings. The van der Waals surface area contributed by atoms with Crippen molar-refractivity contribution in [3.63, 3.8) is 0 Å². The number of para-hydroxylation sites is 1. The monoisotopic (exact) mass is 455 g/mol. The third-order valence-electron chi connectivity index (χ3n) is 4.51. The Morgan fingerprint density at radius 2 is 1.83 bits per heavy atom. The van der Waals surface area contributed by atoms with Crippen LogP contribution in [0.1, 0.15) is 22.7 Å². The summed E-state index contributed by atoms with van der Waals surface area (Å²) in [7, 11) is 0. The summed E-state index contributed by atoms with van der Waals surface area (Å²) in [6.07, 6.45) is -0.0855. The molecule has 6 heteroatoms. The number of benzene rings is 3. The molecule has 150 valence electrons. The van der Waals surface area contributed by atoms with Crippen LogP contribution in [0.25, 0.3) is 11.1 Å². The molecule has 3 aromatic rings. The average molecular weight is 456 g/mol. The molecule has 5 nitrogen and oxygen atoms in total. The second-order valence-electron chi connectivity index (χ2n) is 6.73. The minimum absolute atomic E-state index is 0.0855. The summed E-state index contributed by atoms with van der Waals surface area (Å²) in [6, 6.07) is 20.5. The van der Waals surface area contributed by atoms with Crippen LogP contribution in [0.4, 0.5) is 0 Å². The minimum Gasteiger partial charge on any atom is -0.489 e. The number of hydrogen-bond donors (Lipinski definition) is 3. The first kappa shape index (κ1) is 21.0. The molecule has 0 fully saturated rings. The largest absolute Gasteiger partial charge is 0.489 e. The van der Waals surface area contributed by atoms with Gasteiger partial charge in [-0.25, -0.2) is 0 Å². The van der Waals surface area contributed by atoms with Crippen molar-refractivity contribution in [2.45, 2.75) is 19.1 Å². The summed E-state index contributed by atoms with van der Waals surface area (Å²) >= 11 is 3.55. The van der Waals surface area contributed by atoms with E-state index in [9.17, 15) is 9.90 Å². The van der Waals surface area contributed by atoms with Gasteiger partial charge >= 0.3 is 5.97 Å². The van der Waals surface area contributed by atoms with Gasteiger partial charge in [0.25, 0.3) is 0 Å². The van der Waals surface area contributed by atoms with Gasteiger partial charge in [-0.3, -0.25) is 4.79 Å². The molecule has 0 amide bonds. The summed E-state index contributed by atoms with van der Waals surface area (Å²) in [5.74, 6) is -0.334. The number of carboxylic acids is 1. The fourth-order valence-electron chi connectivity index (χ4n) is 3.07. The molecule has 0 radical (unpaired) electrons. The van der Waals surface area contributed by atoms with E-state index in [1.807, 2.05) is 48.5 Å². The zero-order chi connectivity index (χ0) is 20.8. The Balaban J connectivity index is 1.83. The molecule has 0 aliphatic carbocycles. The van der Waals surface area contributed by atoms with Gasteiger partial charge in [0, 0.05) is 10.0 Å². The Kier molecular flexibility index (Phi) is 7.04. The van der Waals surface area contributed by atoms with Gasteiger partial charge in [0.1, 0.15) is 12.4 Å². The quantitative estimate of drug-likeness (QED) is 0.470. The number of aliphatic hydroxyl groups excluding tert-OH is 1. The maximum Gasteiger partial charge on any atom is 0.307 e. The fourth-order valence-corrected chi connectivity index (χ4v) is 3.61. The first-order valence-electron chi connectivity index (χ1n) is 9.15. The van der Waals surface area contributed by atoms with Crippen molar-refractivity contribution in [3.8, 4) is 16.9 Å². The highest BCUT2D eigenvalue weighted by Gasteiger charge is 2.10. The predicted molar refractivity (Wildman–Crippen MR) is 116 cm³/mol. The molecule has 29 heavy (non-hydrogen) atoms. The Morgan fingerprint density at radius 1 is 1.03 bits per heavy atom. The summed E-state index contributed by atoms with van der Waals surface area (Å²) < 4.78 is 6.82. The van der Waals surface area contributed by atoms with Gasteiger partial charge in [0.2, 0.25) is 0 Å². The third-order valence-corrected chi connectivity index (χ3v) is 4.97. The molecule has 0 bridgehead atoms. The van der Waals surface area contributed by atoms with Crippen LogP contribution in [0.2, 0.25) is 0 Å². The Morgan fingerprint density at radius 3 is 2.59 bits per heavy atom. The van der Waals surface area contributed by atoms with Gasteiger partial charge in [-0.2, -0.15) is 0 Å². The Hall–Kier alpha value is -2.67. The molecule has 4 N–H and O–H groups in total. The first-order chi connectivity index (χ1) is 14.0. The Labute approximate surface area is 177 Å². The van der Waals surface area contributed by atoms with Gasteiger partial charge in [-0.15, -0.1) is 0 Å². The second kappa shape index (κ2) is 9.69. The first-order valence-corrected chi connectivity index (χ1v) is 9.94. The number of nitrogens with two attached hydrogens (primary N) is 1. The lowest BCUT2D eigenvalue weighted by Gasteiger charge is -2.13. The standard InChI is InChI=1S/C23H22BrNO4/c24-20-9-15(14-29-22-7-2-1-4-18(22)12-23(27)28)8-19(11-20)16-5-3-6-17(10-16)21(25)13-26/h1-11,21,26H,12-14,25H2,(H,27,28)/t21-/m1/s1. The molecular weight excluding hydrogens is 434 g/mol. The minimum atomic E-state index is -0.897. The molecule has 3 rings (SSSR count). The lowest BCUT2D eigenvalue weighted by molar-refractivity contribution is -0.136. The highest BCUT2D eigenvalue weighted by Crippen LogP contribution is 2.28. The summed E-state index contributed by atoms with van der Waals surface area (Å²) in [5.41, 5.74) is 10.4. The lowest BCUT2D eigenvalue weighted by Crippen LogP contribution is -2.14. The van der Waals surface area contributed by atoms with E-state index < -0.39 is 12.0 Å². The topological polar surface area (TPSA) is 92.8 Å². The van der Waals surface area contributed by atoms with Crippen LogP contribution in [0, 0.1) is 0 Å². The number of aliphatic hydroxyl groups is 1. The molecule has 0 aromatic heterocycles. The SMILES string of the molecule is N[C@H](CO)c1cccc(-c2cc(Br)cc(COc3ccccc3CC(=O)O)c2)c1. The van der Waals surface area contributed by atoms with E-state index >= 15 is 0 Å². The molecule has 0 saturated carbocycles. The van der Waals surface area contributed by atoms with Crippen molar-refractivity contribution >= 4 is 21.9 Å². The van der Waals surface area contributed by atoms with Crippen molar-refractivity contribution in [2.24, 2.45) is 5.73 Å². The van der Waals surface area contributed by atoms with Gasteiger partial charge in [-0.1, -0.05) is 52.3 Å². The number of rotatable bonds is 8. The number of carbonyl (C=O) groups is 1. The van der Waals surface area contributed by atoms with Crippen molar-refractivity contribution in [1.29, 1.82) is 0 Å². The molecule has 3 aromatic carbocycles. The number of halogens is 1. The van der Waals surface area contributed by atoms with Gasteiger partial charge in [0.15, 0.2) is 0 Å². The number of aliphatic carboxylic acids is 1. The normalized spacial score (nSPS) is 11.8. The van der Waals surface area contributed by atoms with Crippen LogP contribution in [-0.2, 0) is 17.8 Å². The third kappa shape index (κ3) is 5.67. The average Bonchev–Trinajstić information content (AvgIpc) is 2.72. The smallest absolute Gasteiger partial charge is 0.307 e. The van der Waals surface area contributed by atoms with E-state index in [2.05, 4.69) is 15.9 Å². The van der Waals surface area contributed by atoms with Crippen molar-refractivity contribution in [2.75, 3.05) is 6.61 Å². The second-order valence-corrected chi connectivity index (χ2v) is 7.65. The fraction of sp³-hybridized carbons (Fsp3) is 0.174. The van der Waals surface area contributed by atoms with E-state index in [0.29, 0.717) is 17.9 Å². The molecule has 0 spiro atoms. The summed E-state index contributed by atoms with van der Waals surface area (Å²) in [4.78, 5) is 11.1. The maximum atomic E-state index is 11.1. The highest BCUT2D eigenvalue weighted by molar-refractivity contribution is 9.10. The van der Waals surface area contributed by atoms with E-state index in [0.717, 1.165) is 26.7 Å². The summed E-state index contributed by atoms with van der Waals surface area (Å²) in [6.45, 7) is 0.190. The molecule has 0 heterocycles. The van der Waals surface area contributed by atoms with E-state index in [4.69, 9.17) is 15.6 Å². The maximum absolute atomic E-state index is 11.1. The zero-order valence-corrected chi connectivity index (χ0v) is 17.3. The zero-order valence-electron chi connectivity index (χ0n) is 15.7. The van der Waals surface area contributed by atoms with Gasteiger partial charge in [0.05, 0.1) is 19.1 Å². The van der Waals surface area contributed by atoms with E-state index in [1.54, 1.807) is 18.2 Å². The predicted octanol–water partition coefficient (Wildman–Crippen LogP) is 4.31.